The molecule has 0 saturated heterocycles. The first-order valence-electron chi connectivity index (χ1n) is 6.55. The second kappa shape index (κ2) is 9.63. The van der Waals surface area contributed by atoms with Gasteiger partial charge in [-0.05, 0) is 20.8 Å². The van der Waals surface area contributed by atoms with Crippen molar-refractivity contribution >= 4 is 18.0 Å². The maximum absolute atomic E-state index is 11.9. The van der Waals surface area contributed by atoms with Gasteiger partial charge in [-0.15, -0.1) is 6.42 Å². The number of carbonyl (C=O) groups is 3. The average Bonchev–Trinajstić information content (AvgIpc) is 2.41. The summed E-state index contributed by atoms with van der Waals surface area (Å²) in [6.07, 6.45) is 4.26. The highest BCUT2D eigenvalue weighted by Gasteiger charge is 2.24. The van der Waals surface area contributed by atoms with Gasteiger partial charge in [0.15, 0.2) is 0 Å². The number of hydrogen-bond acceptors (Lipinski definition) is 6. The number of carbonyl (C=O) groups excluding carboxylic acids is 3. The monoisotopic (exact) mass is 314 g/mol. The molecular formula is C14H22N2O6. The number of esters is 1. The summed E-state index contributed by atoms with van der Waals surface area (Å²) in [6.45, 7) is 4.57. The van der Waals surface area contributed by atoms with E-state index < -0.39 is 29.6 Å². The third-order valence-corrected chi connectivity index (χ3v) is 2.11. The van der Waals surface area contributed by atoms with Crippen molar-refractivity contribution in [1.29, 1.82) is 0 Å². The predicted molar refractivity (Wildman–Crippen MR) is 77.8 cm³/mol. The van der Waals surface area contributed by atoms with E-state index in [2.05, 4.69) is 21.3 Å². The first-order valence-corrected chi connectivity index (χ1v) is 6.55. The third-order valence-electron chi connectivity index (χ3n) is 2.11. The summed E-state index contributed by atoms with van der Waals surface area (Å²) in [5, 5.41) is 4.67. The van der Waals surface area contributed by atoms with Crippen molar-refractivity contribution in [2.75, 3.05) is 26.9 Å². The fourth-order valence-corrected chi connectivity index (χ4v) is 1.22. The number of amides is 2. The van der Waals surface area contributed by atoms with E-state index in [-0.39, 0.29) is 19.8 Å². The molecule has 0 saturated carbocycles. The molecule has 8 nitrogen and oxygen atoms in total. The number of hydrogen-bond donors (Lipinski definition) is 2. The zero-order valence-electron chi connectivity index (χ0n) is 13.2. The van der Waals surface area contributed by atoms with Crippen LogP contribution in [0.3, 0.4) is 0 Å². The Bertz CT molecular complexity index is 436. The molecule has 124 valence electrons. The van der Waals surface area contributed by atoms with Gasteiger partial charge in [0.25, 0.3) is 0 Å². The lowest BCUT2D eigenvalue weighted by atomic mass is 10.2. The van der Waals surface area contributed by atoms with Gasteiger partial charge in [0.05, 0.1) is 13.7 Å². The van der Waals surface area contributed by atoms with E-state index in [1.165, 1.54) is 7.11 Å². The Balaban J connectivity index is 4.60. The molecule has 0 aromatic rings. The summed E-state index contributed by atoms with van der Waals surface area (Å²) in [6, 6.07) is -1.05. The topological polar surface area (TPSA) is 103 Å². The van der Waals surface area contributed by atoms with Crippen LogP contribution in [0.15, 0.2) is 0 Å². The Morgan fingerprint density at radius 2 is 1.91 bits per heavy atom. The van der Waals surface area contributed by atoms with Gasteiger partial charge in [-0.3, -0.25) is 9.59 Å². The minimum Gasteiger partial charge on any atom is -0.468 e. The lowest BCUT2D eigenvalue weighted by molar-refractivity contribution is -0.141. The van der Waals surface area contributed by atoms with Crippen LogP contribution < -0.4 is 10.6 Å². The minimum absolute atomic E-state index is 0.0171. The molecule has 2 amide bonds. The van der Waals surface area contributed by atoms with Crippen molar-refractivity contribution < 1.29 is 28.6 Å². The van der Waals surface area contributed by atoms with Gasteiger partial charge in [0, 0.05) is 0 Å². The van der Waals surface area contributed by atoms with Crippen LogP contribution in [0, 0.1) is 12.3 Å². The maximum Gasteiger partial charge on any atom is 0.408 e. The van der Waals surface area contributed by atoms with E-state index >= 15 is 0 Å². The van der Waals surface area contributed by atoms with Crippen LogP contribution in [0.25, 0.3) is 0 Å². The van der Waals surface area contributed by atoms with E-state index in [0.29, 0.717) is 0 Å². The van der Waals surface area contributed by atoms with Crippen LogP contribution in [0.2, 0.25) is 0 Å². The predicted octanol–water partition coefficient (Wildman–Crippen LogP) is -0.181. The Morgan fingerprint density at radius 3 is 2.41 bits per heavy atom. The second-order valence-corrected chi connectivity index (χ2v) is 5.21. The van der Waals surface area contributed by atoms with Gasteiger partial charge in [-0.25, -0.2) is 4.79 Å². The van der Waals surface area contributed by atoms with Crippen LogP contribution >= 0.6 is 0 Å². The number of methoxy groups -OCH3 is 1. The summed E-state index contributed by atoms with van der Waals surface area (Å²) in [4.78, 5) is 34.6. The molecule has 0 aliphatic heterocycles. The first kappa shape index (κ1) is 19.7. The molecule has 0 radical (unpaired) electrons. The summed E-state index contributed by atoms with van der Waals surface area (Å²) in [5.74, 6) is 1.01. The zero-order chi connectivity index (χ0) is 17.2. The first-order chi connectivity index (χ1) is 10.2. The third kappa shape index (κ3) is 9.61. The molecule has 0 aliphatic carbocycles. The minimum atomic E-state index is -1.05. The number of terminal acetylenes is 1. The fourth-order valence-electron chi connectivity index (χ4n) is 1.22. The van der Waals surface area contributed by atoms with Crippen molar-refractivity contribution in [1.82, 2.24) is 10.6 Å². The lowest BCUT2D eigenvalue weighted by Crippen LogP contribution is -2.51. The van der Waals surface area contributed by atoms with E-state index in [1.54, 1.807) is 20.8 Å². The van der Waals surface area contributed by atoms with Gasteiger partial charge < -0.3 is 24.8 Å². The van der Waals surface area contributed by atoms with Crippen LogP contribution in [0.5, 0.6) is 0 Å². The van der Waals surface area contributed by atoms with Gasteiger partial charge in [-0.1, -0.05) is 5.92 Å². The molecule has 0 aromatic heterocycles. The van der Waals surface area contributed by atoms with Gasteiger partial charge >= 0.3 is 12.1 Å². The number of rotatable bonds is 7. The number of ether oxygens (including phenoxy) is 3. The molecule has 0 aliphatic rings. The molecule has 22 heavy (non-hydrogen) atoms. The smallest absolute Gasteiger partial charge is 0.408 e. The zero-order valence-corrected chi connectivity index (χ0v) is 13.2. The Hall–Kier alpha value is -2.27. The van der Waals surface area contributed by atoms with Crippen molar-refractivity contribution in [2.24, 2.45) is 0 Å². The van der Waals surface area contributed by atoms with E-state index in [4.69, 9.17) is 15.9 Å². The standard InChI is InChI=1S/C14H22N2O6/c1-6-7-21-9-10(12(18)15-8-11(17)20-5)16-13(19)22-14(2,3)4/h1,10H,7-9H2,2-5H3,(H,15,18)(H,16,19)/t10-/m0/s1. The SMILES string of the molecule is C#CCOC[C@H](NC(=O)OC(C)(C)C)C(=O)NCC(=O)OC. The van der Waals surface area contributed by atoms with Gasteiger partial charge in [0.2, 0.25) is 5.91 Å². The summed E-state index contributed by atoms with van der Waals surface area (Å²) >= 11 is 0. The maximum atomic E-state index is 11.9. The fraction of sp³-hybridized carbons (Fsp3) is 0.643. The average molecular weight is 314 g/mol. The molecule has 0 unspecified atom stereocenters. The molecule has 0 heterocycles. The van der Waals surface area contributed by atoms with Crippen LogP contribution in [-0.2, 0) is 23.8 Å². The normalized spacial score (nSPS) is 11.8. The van der Waals surface area contributed by atoms with E-state index in [1.807, 2.05) is 0 Å². The molecule has 0 rings (SSSR count). The van der Waals surface area contributed by atoms with Crippen LogP contribution in [0.4, 0.5) is 4.79 Å². The number of nitrogens with one attached hydrogen (secondary N) is 2. The molecule has 0 aromatic carbocycles. The van der Waals surface area contributed by atoms with Crippen molar-refractivity contribution in [3.8, 4) is 12.3 Å². The molecule has 2 N–H and O–H groups in total. The second-order valence-electron chi connectivity index (χ2n) is 5.21. The van der Waals surface area contributed by atoms with E-state index in [0.717, 1.165) is 0 Å². The van der Waals surface area contributed by atoms with E-state index in [9.17, 15) is 14.4 Å². The van der Waals surface area contributed by atoms with Gasteiger partial charge in [0.1, 0.15) is 24.8 Å². The highest BCUT2D eigenvalue weighted by molar-refractivity contribution is 5.88. The van der Waals surface area contributed by atoms with Crippen molar-refractivity contribution in [2.45, 2.75) is 32.4 Å². The molecule has 0 fully saturated rings. The van der Waals surface area contributed by atoms with Crippen LogP contribution in [-0.4, -0.2) is 56.5 Å². The Labute approximate surface area is 129 Å². The highest BCUT2D eigenvalue weighted by atomic mass is 16.6. The highest BCUT2D eigenvalue weighted by Crippen LogP contribution is 2.06. The Kier molecular flexibility index (Phi) is 8.63. The van der Waals surface area contributed by atoms with Crippen molar-refractivity contribution in [3.05, 3.63) is 0 Å². The Morgan fingerprint density at radius 1 is 1.27 bits per heavy atom. The molecule has 0 bridgehead atoms. The molecular weight excluding hydrogens is 292 g/mol. The van der Waals surface area contributed by atoms with Crippen molar-refractivity contribution in [3.63, 3.8) is 0 Å². The summed E-state index contributed by atoms with van der Waals surface area (Å²) in [5.41, 5.74) is -0.712. The quantitative estimate of drug-likeness (QED) is 0.384. The molecule has 1 atom stereocenters. The largest absolute Gasteiger partial charge is 0.468 e. The molecule has 8 heteroatoms. The summed E-state index contributed by atoms with van der Waals surface area (Å²) in [7, 11) is 1.20. The van der Waals surface area contributed by atoms with Gasteiger partial charge in [-0.2, -0.15) is 0 Å². The van der Waals surface area contributed by atoms with Crippen LogP contribution in [0.1, 0.15) is 20.8 Å². The lowest BCUT2D eigenvalue weighted by Gasteiger charge is -2.23. The number of alkyl carbamates (subject to hydrolysis) is 1. The molecule has 0 spiro atoms. The summed E-state index contributed by atoms with van der Waals surface area (Å²) < 4.78 is 14.5.